The maximum atomic E-state index is 12.7. The Morgan fingerprint density at radius 1 is 1.11 bits per heavy atom. The molecular formula is C18H26ClN5O3S. The average molecular weight is 428 g/mol. The van der Waals surface area contributed by atoms with E-state index in [1.165, 1.54) is 0 Å². The van der Waals surface area contributed by atoms with Gasteiger partial charge in [0.1, 0.15) is 0 Å². The first-order chi connectivity index (χ1) is 13.1. The summed E-state index contributed by atoms with van der Waals surface area (Å²) in [5, 5.41) is 7.45. The normalized spacial score (nSPS) is 22.0. The van der Waals surface area contributed by atoms with Gasteiger partial charge in [-0.2, -0.15) is 9.29 Å². The summed E-state index contributed by atoms with van der Waals surface area (Å²) < 4.78 is 32.5. The van der Waals surface area contributed by atoms with Crippen LogP contribution in [0.15, 0.2) is 33.7 Å². The molecule has 2 aliphatic heterocycles. The van der Waals surface area contributed by atoms with Crippen molar-refractivity contribution in [3.8, 4) is 11.5 Å². The molecule has 0 saturated carbocycles. The van der Waals surface area contributed by atoms with Crippen molar-refractivity contribution in [2.45, 2.75) is 30.2 Å². The molecule has 2 aliphatic rings. The van der Waals surface area contributed by atoms with Gasteiger partial charge in [0.15, 0.2) is 5.82 Å². The highest BCUT2D eigenvalue weighted by molar-refractivity contribution is 7.89. The van der Waals surface area contributed by atoms with E-state index in [0.29, 0.717) is 29.7 Å². The predicted molar refractivity (Wildman–Crippen MR) is 108 cm³/mol. The molecule has 1 atom stereocenters. The lowest BCUT2D eigenvalue weighted by molar-refractivity contribution is 0.190. The minimum Gasteiger partial charge on any atom is -0.334 e. The maximum absolute atomic E-state index is 12.7. The molecule has 0 aliphatic carbocycles. The molecule has 1 aromatic heterocycles. The third-order valence-corrected chi connectivity index (χ3v) is 7.22. The van der Waals surface area contributed by atoms with Gasteiger partial charge in [-0.05, 0) is 44.2 Å². The van der Waals surface area contributed by atoms with Crippen molar-refractivity contribution in [1.82, 2.24) is 24.7 Å². The van der Waals surface area contributed by atoms with Crippen molar-refractivity contribution in [2.75, 3.05) is 39.8 Å². The standard InChI is InChI=1S/C18H25N5O3S.ClH/c1-22-12-9-19-13-16(22)17-20-18(26-21-17)14-5-7-15(8-6-14)27(24,25)23-10-3-2-4-11-23;/h5-8,16,19H,2-4,9-13H2,1H3;1H. The smallest absolute Gasteiger partial charge is 0.257 e. The number of rotatable bonds is 4. The number of piperazine rings is 1. The zero-order valence-electron chi connectivity index (χ0n) is 15.9. The van der Waals surface area contributed by atoms with E-state index in [2.05, 4.69) is 20.4 Å². The van der Waals surface area contributed by atoms with Crippen LogP contribution in [0.4, 0.5) is 0 Å². The minimum absolute atomic E-state index is 0. The van der Waals surface area contributed by atoms with Gasteiger partial charge >= 0.3 is 0 Å². The van der Waals surface area contributed by atoms with E-state index in [1.54, 1.807) is 28.6 Å². The van der Waals surface area contributed by atoms with Crippen LogP contribution in [0.2, 0.25) is 0 Å². The van der Waals surface area contributed by atoms with Gasteiger partial charge in [-0.25, -0.2) is 8.42 Å². The van der Waals surface area contributed by atoms with Crippen LogP contribution in [-0.2, 0) is 10.0 Å². The highest BCUT2D eigenvalue weighted by atomic mass is 35.5. The minimum atomic E-state index is -3.43. The van der Waals surface area contributed by atoms with Crippen molar-refractivity contribution in [3.05, 3.63) is 30.1 Å². The predicted octanol–water partition coefficient (Wildman–Crippen LogP) is 1.91. The lowest BCUT2D eigenvalue weighted by Crippen LogP contribution is -2.44. The Morgan fingerprint density at radius 2 is 1.82 bits per heavy atom. The third kappa shape index (κ3) is 4.23. The molecule has 0 bridgehead atoms. The lowest BCUT2D eigenvalue weighted by Gasteiger charge is -2.30. The van der Waals surface area contributed by atoms with Crippen LogP contribution in [0, 0.1) is 0 Å². The molecule has 4 rings (SSSR count). The monoisotopic (exact) mass is 427 g/mol. The number of likely N-dealkylation sites (N-methyl/N-ethyl adjacent to an activating group) is 1. The van der Waals surface area contributed by atoms with Gasteiger partial charge in [0.25, 0.3) is 5.89 Å². The summed E-state index contributed by atoms with van der Waals surface area (Å²) in [4.78, 5) is 7.02. The van der Waals surface area contributed by atoms with Gasteiger partial charge in [-0.3, -0.25) is 4.90 Å². The van der Waals surface area contributed by atoms with Gasteiger partial charge in [0.05, 0.1) is 10.9 Å². The first kappa shape index (κ1) is 21.2. The van der Waals surface area contributed by atoms with Crippen LogP contribution in [-0.4, -0.2) is 67.5 Å². The molecule has 1 N–H and O–H groups in total. The summed E-state index contributed by atoms with van der Waals surface area (Å²) in [7, 11) is -1.38. The van der Waals surface area contributed by atoms with E-state index in [4.69, 9.17) is 4.52 Å². The number of hydrogen-bond donors (Lipinski definition) is 1. The van der Waals surface area contributed by atoms with E-state index in [-0.39, 0.29) is 18.4 Å². The average Bonchev–Trinajstić information content (AvgIpc) is 3.19. The van der Waals surface area contributed by atoms with Crippen LogP contribution in [0.5, 0.6) is 0 Å². The quantitative estimate of drug-likeness (QED) is 0.796. The van der Waals surface area contributed by atoms with Crippen molar-refractivity contribution < 1.29 is 12.9 Å². The molecule has 154 valence electrons. The fourth-order valence-electron chi connectivity index (χ4n) is 3.61. The Balaban J connectivity index is 0.00000225. The molecular weight excluding hydrogens is 402 g/mol. The topological polar surface area (TPSA) is 91.6 Å². The summed E-state index contributed by atoms with van der Waals surface area (Å²) in [5.74, 6) is 1.05. The Labute approximate surface area is 171 Å². The van der Waals surface area contributed by atoms with Crippen LogP contribution >= 0.6 is 12.4 Å². The van der Waals surface area contributed by atoms with Crippen molar-refractivity contribution in [1.29, 1.82) is 0 Å². The first-order valence-corrected chi connectivity index (χ1v) is 10.8. The molecule has 1 aromatic carbocycles. The second-order valence-corrected chi connectivity index (χ2v) is 9.09. The van der Waals surface area contributed by atoms with Crippen LogP contribution in [0.3, 0.4) is 0 Å². The Kier molecular flexibility index (Phi) is 6.72. The molecule has 0 spiro atoms. The number of aromatic nitrogens is 2. The molecule has 1 unspecified atom stereocenters. The first-order valence-electron chi connectivity index (χ1n) is 9.41. The number of sulfonamides is 1. The number of halogens is 1. The van der Waals surface area contributed by atoms with E-state index in [1.807, 2.05) is 7.05 Å². The van der Waals surface area contributed by atoms with E-state index in [9.17, 15) is 8.42 Å². The largest absolute Gasteiger partial charge is 0.334 e. The van der Waals surface area contributed by atoms with E-state index < -0.39 is 10.0 Å². The molecule has 10 heteroatoms. The molecule has 2 saturated heterocycles. The van der Waals surface area contributed by atoms with Gasteiger partial charge in [0, 0.05) is 38.3 Å². The Bertz CT molecular complexity index is 881. The van der Waals surface area contributed by atoms with Crippen LogP contribution in [0.25, 0.3) is 11.5 Å². The number of nitrogens with one attached hydrogen (secondary N) is 1. The number of hydrogen-bond acceptors (Lipinski definition) is 7. The highest BCUT2D eigenvalue weighted by Crippen LogP contribution is 2.25. The van der Waals surface area contributed by atoms with Gasteiger partial charge < -0.3 is 9.84 Å². The molecule has 3 heterocycles. The third-order valence-electron chi connectivity index (χ3n) is 5.30. The highest BCUT2D eigenvalue weighted by Gasteiger charge is 2.27. The SMILES string of the molecule is CN1CCNCC1c1noc(-c2ccc(S(=O)(=O)N3CCCCC3)cc2)n1.Cl. The van der Waals surface area contributed by atoms with Gasteiger partial charge in [-0.1, -0.05) is 11.6 Å². The summed E-state index contributed by atoms with van der Waals surface area (Å²) in [6.45, 7) is 3.85. The van der Waals surface area contributed by atoms with Gasteiger partial charge in [0.2, 0.25) is 10.0 Å². The molecule has 28 heavy (non-hydrogen) atoms. The zero-order valence-corrected chi connectivity index (χ0v) is 17.5. The summed E-state index contributed by atoms with van der Waals surface area (Å²) in [6.07, 6.45) is 2.94. The molecule has 2 fully saturated rings. The summed E-state index contributed by atoms with van der Waals surface area (Å²) in [6, 6.07) is 6.79. The summed E-state index contributed by atoms with van der Waals surface area (Å²) in [5.41, 5.74) is 0.720. The fourth-order valence-corrected chi connectivity index (χ4v) is 5.12. The number of piperidine rings is 1. The second kappa shape index (κ2) is 8.87. The second-order valence-electron chi connectivity index (χ2n) is 7.15. The van der Waals surface area contributed by atoms with Crippen molar-refractivity contribution >= 4 is 22.4 Å². The molecule has 0 amide bonds. The number of nitrogens with zero attached hydrogens (tertiary/aromatic N) is 4. The van der Waals surface area contributed by atoms with Crippen LogP contribution < -0.4 is 5.32 Å². The van der Waals surface area contributed by atoms with Crippen molar-refractivity contribution in [3.63, 3.8) is 0 Å². The molecule has 8 nitrogen and oxygen atoms in total. The number of benzene rings is 1. The fraction of sp³-hybridized carbons (Fsp3) is 0.556. The van der Waals surface area contributed by atoms with Crippen molar-refractivity contribution in [2.24, 2.45) is 0 Å². The Hall–Kier alpha value is -1.52. The van der Waals surface area contributed by atoms with E-state index in [0.717, 1.165) is 44.5 Å². The molecule has 2 aromatic rings. The zero-order chi connectivity index (χ0) is 18.9. The van der Waals surface area contributed by atoms with Gasteiger partial charge in [-0.15, -0.1) is 12.4 Å². The Morgan fingerprint density at radius 3 is 2.50 bits per heavy atom. The van der Waals surface area contributed by atoms with E-state index >= 15 is 0 Å². The maximum Gasteiger partial charge on any atom is 0.257 e. The molecule has 0 radical (unpaired) electrons. The summed E-state index contributed by atoms with van der Waals surface area (Å²) >= 11 is 0. The van der Waals surface area contributed by atoms with Crippen LogP contribution in [0.1, 0.15) is 31.1 Å². The lowest BCUT2D eigenvalue weighted by atomic mass is 10.2.